The van der Waals surface area contributed by atoms with Gasteiger partial charge in [-0.1, -0.05) is 261 Å². The Hall–Kier alpha value is -13.8. The summed E-state index contributed by atoms with van der Waals surface area (Å²) in [5, 5.41) is 18.4. The first-order chi connectivity index (χ1) is 51.5. The Bertz CT molecular complexity index is 7260. The predicted molar refractivity (Wildman–Crippen MR) is 435 cm³/mol. The SMILES string of the molecule is c1cc(-c2ccc3oc4ccccc4c3c2)cc(-c2c3ccccc3c(-c3cccc(-c4ccc5oc6cc(-c7ccc8oc9ccc(-c%10cccc(-c%11c%12ccccc%12c(-c%12ccccc%12-c%12cccc%13c%12oc%12ccccc%12%13)c%12ccccc%11%12)c%10)cc9c8c7)ccc6c5c4)c3)c3ccccc23)c1. The molecule has 0 saturated carbocycles. The molecule has 4 nitrogen and oxygen atoms in total. The smallest absolute Gasteiger partial charge is 0.143 e. The van der Waals surface area contributed by atoms with Crippen LogP contribution in [0.3, 0.4) is 0 Å². The van der Waals surface area contributed by atoms with Gasteiger partial charge in [0.05, 0.1) is 0 Å². The van der Waals surface area contributed by atoms with Gasteiger partial charge in [-0.3, -0.25) is 0 Å². The van der Waals surface area contributed by atoms with Crippen molar-refractivity contribution < 1.29 is 17.7 Å². The average Bonchev–Trinajstić information content (AvgIpc) is 1.20. The van der Waals surface area contributed by atoms with E-state index >= 15 is 0 Å². The zero-order valence-corrected chi connectivity index (χ0v) is 56.1. The van der Waals surface area contributed by atoms with Crippen LogP contribution in [0.4, 0.5) is 0 Å². The lowest BCUT2D eigenvalue weighted by Gasteiger charge is -2.20. The highest BCUT2D eigenvalue weighted by molar-refractivity contribution is 6.25. The highest BCUT2D eigenvalue weighted by Crippen LogP contribution is 2.50. The molecule has 104 heavy (non-hydrogen) atoms. The molecule has 0 saturated heterocycles. The van der Waals surface area contributed by atoms with Gasteiger partial charge < -0.3 is 17.7 Å². The number of fused-ring (bicyclic) bond motifs is 16. The summed E-state index contributed by atoms with van der Waals surface area (Å²) in [5.41, 5.74) is 27.7. The third kappa shape index (κ3) is 9.05. The standard InChI is InChI=1S/C100H58O4/c1-2-28-74(70(25-1)83-37-18-38-84-71-26-11-14-40-90(71)104-100(83)84)99-81-35-9-7-33-79(81)98(80-34-8-10-36-82(80)99)69-24-17-21-61(53-69)64-44-49-93-87(56-64)88-57-65(45-50-94(88)102-93)66-41-46-73-86-55-63(43-48-92(86)103-95(73)58-66)60-20-16-23-68(52-60)97-77-31-5-3-29-75(77)96(76-30-4-6-32-78(76)97)67-22-15-19-59(51-67)62-42-47-91-85(54-62)72-27-12-13-39-89(72)101-91/h1-58H. The molecule has 4 heterocycles. The number of hydrogen-bond donors (Lipinski definition) is 0. The second-order valence-corrected chi connectivity index (χ2v) is 27.6. The van der Waals surface area contributed by atoms with Crippen molar-refractivity contribution in [3.8, 4) is 100 Å². The first-order valence-electron chi connectivity index (χ1n) is 35.6. The first kappa shape index (κ1) is 58.0. The quantitative estimate of drug-likeness (QED) is 0.135. The topological polar surface area (TPSA) is 52.6 Å². The third-order valence-corrected chi connectivity index (χ3v) is 21.9. The van der Waals surface area contributed by atoms with Gasteiger partial charge in [-0.25, -0.2) is 0 Å². The Morgan fingerprint density at radius 3 is 0.837 bits per heavy atom. The minimum atomic E-state index is 0.843. The Balaban J connectivity index is 0.585. The van der Waals surface area contributed by atoms with Gasteiger partial charge in [0.2, 0.25) is 0 Å². The van der Waals surface area contributed by atoms with Crippen LogP contribution in [-0.4, -0.2) is 0 Å². The minimum absolute atomic E-state index is 0.843. The van der Waals surface area contributed by atoms with Gasteiger partial charge in [-0.05, 0) is 229 Å². The lowest BCUT2D eigenvalue weighted by Crippen LogP contribution is -1.93. The Kier molecular flexibility index (Phi) is 12.8. The number of hydrogen-bond acceptors (Lipinski definition) is 4. The van der Waals surface area contributed by atoms with E-state index < -0.39 is 0 Å². The second-order valence-electron chi connectivity index (χ2n) is 27.6. The van der Waals surface area contributed by atoms with Gasteiger partial charge in [0.25, 0.3) is 0 Å². The monoisotopic (exact) mass is 1320 g/mol. The molecule has 0 bridgehead atoms. The maximum atomic E-state index is 6.74. The summed E-state index contributed by atoms with van der Waals surface area (Å²) >= 11 is 0. The van der Waals surface area contributed by atoms with Crippen LogP contribution in [0.2, 0.25) is 0 Å². The molecular weight excluding hydrogens is 1270 g/mol. The molecule has 0 radical (unpaired) electrons. The molecule has 0 fully saturated rings. The van der Waals surface area contributed by atoms with E-state index in [9.17, 15) is 0 Å². The maximum absolute atomic E-state index is 6.74. The molecule has 0 aliphatic heterocycles. The minimum Gasteiger partial charge on any atom is -0.456 e. The van der Waals surface area contributed by atoms with Crippen LogP contribution in [0.1, 0.15) is 0 Å². The van der Waals surface area contributed by atoms with Crippen molar-refractivity contribution in [1.29, 1.82) is 0 Å². The van der Waals surface area contributed by atoms with Crippen molar-refractivity contribution in [2.45, 2.75) is 0 Å². The third-order valence-electron chi connectivity index (χ3n) is 21.9. The molecule has 0 atom stereocenters. The van der Waals surface area contributed by atoms with Gasteiger partial charge >= 0.3 is 0 Å². The van der Waals surface area contributed by atoms with E-state index in [0.29, 0.717) is 0 Å². The molecule has 22 rings (SSSR count). The lowest BCUT2D eigenvalue weighted by molar-refractivity contribution is 0.668. The van der Waals surface area contributed by atoms with E-state index in [1.54, 1.807) is 0 Å². The number of para-hydroxylation sites is 3. The van der Waals surface area contributed by atoms with Crippen molar-refractivity contribution in [2.75, 3.05) is 0 Å². The molecule has 0 aliphatic carbocycles. The fourth-order valence-electron chi connectivity index (χ4n) is 17.1. The summed E-state index contributed by atoms with van der Waals surface area (Å²) in [6.07, 6.45) is 0. The van der Waals surface area contributed by atoms with Crippen LogP contribution in [0.25, 0.3) is 231 Å². The van der Waals surface area contributed by atoms with Gasteiger partial charge in [0.15, 0.2) is 0 Å². The summed E-state index contributed by atoms with van der Waals surface area (Å²) in [7, 11) is 0. The van der Waals surface area contributed by atoms with Crippen molar-refractivity contribution in [2.24, 2.45) is 0 Å². The van der Waals surface area contributed by atoms with Gasteiger partial charge in [0.1, 0.15) is 44.7 Å². The second kappa shape index (κ2) is 22.9. The first-order valence-corrected chi connectivity index (χ1v) is 35.6. The van der Waals surface area contributed by atoms with Crippen molar-refractivity contribution >= 4 is 131 Å². The highest BCUT2D eigenvalue weighted by atomic mass is 16.3. The molecule has 4 aromatic heterocycles. The van der Waals surface area contributed by atoms with E-state index in [4.69, 9.17) is 17.7 Å². The fourth-order valence-corrected chi connectivity index (χ4v) is 17.1. The molecule has 0 N–H and O–H groups in total. The molecular formula is C100H58O4. The van der Waals surface area contributed by atoms with Crippen LogP contribution in [-0.2, 0) is 0 Å². The van der Waals surface area contributed by atoms with E-state index in [2.05, 4.69) is 334 Å². The maximum Gasteiger partial charge on any atom is 0.143 e. The molecule has 4 heteroatoms. The highest BCUT2D eigenvalue weighted by Gasteiger charge is 2.24. The summed E-state index contributed by atoms with van der Waals surface area (Å²) in [4.78, 5) is 0. The van der Waals surface area contributed by atoms with Crippen LogP contribution >= 0.6 is 0 Å². The number of rotatable bonds is 9. The van der Waals surface area contributed by atoms with Gasteiger partial charge in [0, 0.05) is 48.7 Å². The zero-order chi connectivity index (χ0) is 68.1. The van der Waals surface area contributed by atoms with Crippen LogP contribution in [0.15, 0.2) is 370 Å². The van der Waals surface area contributed by atoms with Gasteiger partial charge in [-0.15, -0.1) is 0 Å². The van der Waals surface area contributed by atoms with Crippen LogP contribution < -0.4 is 0 Å². The Morgan fingerprint density at radius 2 is 0.394 bits per heavy atom. The summed E-state index contributed by atoms with van der Waals surface area (Å²) in [6.45, 7) is 0. The number of benzene rings is 18. The molecule has 22 aromatic rings. The summed E-state index contributed by atoms with van der Waals surface area (Å²) in [6, 6.07) is 128. The Labute approximate surface area is 596 Å². The molecule has 0 spiro atoms. The predicted octanol–water partition coefficient (Wildman–Crippen LogP) is 28.9. The van der Waals surface area contributed by atoms with Gasteiger partial charge in [-0.2, -0.15) is 0 Å². The van der Waals surface area contributed by atoms with Crippen molar-refractivity contribution in [3.05, 3.63) is 352 Å². The molecule has 18 aromatic carbocycles. The van der Waals surface area contributed by atoms with E-state index in [0.717, 1.165) is 155 Å². The van der Waals surface area contributed by atoms with E-state index in [-0.39, 0.29) is 0 Å². The van der Waals surface area contributed by atoms with Crippen LogP contribution in [0, 0.1) is 0 Å². The lowest BCUT2D eigenvalue weighted by atomic mass is 9.83. The average molecular weight is 1320 g/mol. The van der Waals surface area contributed by atoms with E-state index in [1.807, 2.05) is 18.2 Å². The van der Waals surface area contributed by atoms with Crippen molar-refractivity contribution in [1.82, 2.24) is 0 Å². The van der Waals surface area contributed by atoms with Crippen molar-refractivity contribution in [3.63, 3.8) is 0 Å². The molecule has 482 valence electrons. The molecule has 0 aliphatic rings. The largest absolute Gasteiger partial charge is 0.456 e. The summed E-state index contributed by atoms with van der Waals surface area (Å²) < 4.78 is 26.2. The normalized spacial score (nSPS) is 12.0. The summed E-state index contributed by atoms with van der Waals surface area (Å²) in [5.74, 6) is 0. The molecule has 0 amide bonds. The zero-order valence-electron chi connectivity index (χ0n) is 56.1. The number of furan rings is 4. The van der Waals surface area contributed by atoms with Crippen LogP contribution in [0.5, 0.6) is 0 Å². The van der Waals surface area contributed by atoms with E-state index in [1.165, 1.54) is 76.5 Å². The Morgan fingerprint density at radius 1 is 0.125 bits per heavy atom. The molecule has 0 unspecified atom stereocenters. The fraction of sp³-hybridized carbons (Fsp3) is 0.